The van der Waals surface area contributed by atoms with Gasteiger partial charge in [0.1, 0.15) is 5.22 Å². The quantitative estimate of drug-likeness (QED) is 0.164. The van der Waals surface area contributed by atoms with Crippen LogP contribution in [-0.2, 0) is 4.79 Å². The Kier molecular flexibility index (Phi) is 5.82. The van der Waals surface area contributed by atoms with Crippen molar-refractivity contribution in [1.29, 1.82) is 0 Å². The molecule has 0 saturated carbocycles. The van der Waals surface area contributed by atoms with Gasteiger partial charge in [-0.15, -0.1) is 0 Å². The number of amidine groups is 1. The molecule has 0 aliphatic rings. The normalized spacial score (nSPS) is 13.9. The molecule has 0 aliphatic heterocycles. The number of hydrogen-bond donors (Lipinski definition) is 1. The highest BCUT2D eigenvalue weighted by Gasteiger charge is 2.10. The Morgan fingerprint density at radius 2 is 1.79 bits per heavy atom. The molecular weight excluding hydrogens is 295 g/mol. The minimum absolute atomic E-state index is 0.0916. The van der Waals surface area contributed by atoms with Gasteiger partial charge in [-0.3, -0.25) is 0 Å². The molecule has 0 rings (SSSR count). The van der Waals surface area contributed by atoms with E-state index in [-0.39, 0.29) is 17.7 Å². The summed E-state index contributed by atoms with van der Waals surface area (Å²) in [4.78, 5) is 11.3. The summed E-state index contributed by atoms with van der Waals surface area (Å²) in [7, 11) is 0. The van der Waals surface area contributed by atoms with E-state index in [9.17, 15) is 4.79 Å². The van der Waals surface area contributed by atoms with E-state index in [0.717, 1.165) is 0 Å². The van der Waals surface area contributed by atoms with Crippen LogP contribution in [0.2, 0.25) is 0 Å². The lowest BCUT2D eigenvalue weighted by atomic mass is 10.2. The smallest absolute Gasteiger partial charge is 0.307 e. The first kappa shape index (κ1) is 13.5. The zero-order valence-electron chi connectivity index (χ0n) is 8.86. The number of halogens is 1. The van der Waals surface area contributed by atoms with E-state index < -0.39 is 0 Å². The van der Waals surface area contributed by atoms with Crippen molar-refractivity contribution in [2.24, 2.45) is 27.9 Å². The van der Waals surface area contributed by atoms with Gasteiger partial charge in [-0.05, 0) is 0 Å². The molecule has 0 spiro atoms. The second kappa shape index (κ2) is 6.05. The zero-order chi connectivity index (χ0) is 11.3. The third-order valence-corrected chi connectivity index (χ3v) is 2.17. The summed E-state index contributed by atoms with van der Waals surface area (Å²) in [5.74, 6) is 0.373. The van der Waals surface area contributed by atoms with Crippen LogP contribution in [0, 0.1) is 11.8 Å². The molecule has 0 heterocycles. The van der Waals surface area contributed by atoms with Gasteiger partial charge in [0.2, 0.25) is 5.84 Å². The Morgan fingerprint density at radius 1 is 1.29 bits per heavy atom. The largest absolute Gasteiger partial charge is 0.472 e. The van der Waals surface area contributed by atoms with E-state index >= 15 is 0 Å². The summed E-state index contributed by atoms with van der Waals surface area (Å²) in [6.45, 7) is 7.43. The van der Waals surface area contributed by atoms with Crippen LogP contribution in [0.4, 0.5) is 0 Å². The molecule has 81 valence electrons. The van der Waals surface area contributed by atoms with E-state index in [4.69, 9.17) is 5.73 Å². The van der Waals surface area contributed by atoms with Gasteiger partial charge in [-0.25, -0.2) is 7.71 Å². The van der Waals surface area contributed by atoms with Crippen LogP contribution < -0.4 is 28.6 Å². The minimum atomic E-state index is -0.0918. The number of carbonyl (C=O) groups excluding carboxylic acids is 1. The minimum Gasteiger partial charge on any atom is -0.472 e. The van der Waals surface area contributed by atoms with E-state index in [1.807, 2.05) is 13.8 Å². The molecular formula is C8H16IN4O. The average molecular weight is 311 g/mol. The molecule has 0 bridgehead atoms. The number of amides is 1. The third kappa shape index (κ3) is 4.64. The molecule has 0 atom stereocenters. The lowest BCUT2D eigenvalue weighted by Gasteiger charge is -2.05. The Morgan fingerprint density at radius 3 is 2.14 bits per heavy atom. The highest BCUT2D eigenvalue weighted by atomic mass is 127. The van der Waals surface area contributed by atoms with Crippen LogP contribution in [0.1, 0.15) is 27.7 Å². The van der Waals surface area contributed by atoms with Crippen molar-refractivity contribution in [2.45, 2.75) is 27.7 Å². The van der Waals surface area contributed by atoms with Crippen LogP contribution in [0.3, 0.4) is 0 Å². The highest BCUT2D eigenvalue weighted by molar-refractivity contribution is 5.81. The van der Waals surface area contributed by atoms with Crippen molar-refractivity contribution in [2.75, 3.05) is 0 Å². The molecule has 0 aromatic rings. The molecule has 14 heavy (non-hydrogen) atoms. The maximum Gasteiger partial charge on any atom is 0.307 e. The first-order valence-electron chi connectivity index (χ1n) is 4.40. The van der Waals surface area contributed by atoms with Crippen molar-refractivity contribution in [1.82, 2.24) is 0 Å². The van der Waals surface area contributed by atoms with E-state index in [0.29, 0.717) is 5.84 Å². The maximum atomic E-state index is 11.3. The lowest BCUT2D eigenvalue weighted by Crippen LogP contribution is -3.39. The summed E-state index contributed by atoms with van der Waals surface area (Å²) in [5.41, 5.74) is 5.56. The van der Waals surface area contributed by atoms with Crippen LogP contribution in [0.5, 0.6) is 0 Å². The summed E-state index contributed by atoms with van der Waals surface area (Å²) in [5, 5.41) is 7.44. The summed E-state index contributed by atoms with van der Waals surface area (Å²) >= 11 is 1.79. The molecule has 2 N–H and O–H groups in total. The summed E-state index contributed by atoms with van der Waals surface area (Å²) in [6.07, 6.45) is 0. The van der Waals surface area contributed by atoms with Crippen molar-refractivity contribution in [3.63, 3.8) is 0 Å². The van der Waals surface area contributed by atoms with Gasteiger partial charge in [0, 0.05) is 5.92 Å². The molecule has 5 nitrogen and oxygen atoms in total. The Balaban J connectivity index is 4.54. The first-order chi connectivity index (χ1) is 6.36. The average Bonchev–Trinajstić information content (AvgIpc) is 2.11. The Labute approximate surface area is 97.9 Å². The van der Waals surface area contributed by atoms with Gasteiger partial charge in [-0.2, -0.15) is 0 Å². The number of nitrogens with two attached hydrogens (primary N) is 1. The number of rotatable bonds is 3. The monoisotopic (exact) mass is 311 g/mol. The highest BCUT2D eigenvalue weighted by Crippen LogP contribution is 1.94. The summed E-state index contributed by atoms with van der Waals surface area (Å²) in [6, 6.07) is 0. The van der Waals surface area contributed by atoms with Crippen molar-refractivity contribution >= 4 is 11.7 Å². The van der Waals surface area contributed by atoms with Gasteiger partial charge in [0.05, 0.1) is 11.0 Å². The van der Waals surface area contributed by atoms with Crippen LogP contribution >= 0.6 is 0 Å². The van der Waals surface area contributed by atoms with E-state index in [1.165, 1.54) is 2.91 Å². The SMILES string of the molecule is CC(C)C(=O)/[N+]([I-])=N\N=C(/N)C(C)C. The standard InChI is InChI=1S/C8H16IN4O/c1-5(2)7(10)11-12-13(9)8(14)6(3)4/h5-6H,1-4H3,(H2,10,11)/b13-12+. The Bertz CT molecular complexity index is 271. The van der Waals surface area contributed by atoms with E-state index in [2.05, 4.69) is 10.3 Å². The Hall–Kier alpha value is -0.530. The molecule has 0 aromatic carbocycles. The molecule has 0 unspecified atom stereocenters. The second-order valence-electron chi connectivity index (χ2n) is 3.52. The van der Waals surface area contributed by atoms with Gasteiger partial charge in [0.15, 0.2) is 0 Å². The number of carbonyl (C=O) groups is 1. The van der Waals surface area contributed by atoms with Crippen molar-refractivity contribution in [3.8, 4) is 0 Å². The molecule has 1 amide bonds. The fourth-order valence-electron chi connectivity index (χ4n) is 0.464. The lowest BCUT2D eigenvalue weighted by molar-refractivity contribution is -1.04. The summed E-state index contributed by atoms with van der Waals surface area (Å²) < 4.78 is 1.18. The van der Waals surface area contributed by atoms with Crippen LogP contribution in [-0.4, -0.2) is 14.7 Å². The van der Waals surface area contributed by atoms with E-state index in [1.54, 1.807) is 36.7 Å². The molecule has 0 aliphatic carbocycles. The van der Waals surface area contributed by atoms with Gasteiger partial charge >= 0.3 is 5.91 Å². The molecule has 0 aromatic heterocycles. The van der Waals surface area contributed by atoms with Crippen LogP contribution in [0.15, 0.2) is 10.3 Å². The maximum absolute atomic E-state index is 11.3. The molecule has 6 heteroatoms. The number of hydrogen-bond acceptors (Lipinski definition) is 2. The fraction of sp³-hybridized carbons (Fsp3) is 0.750. The van der Waals surface area contributed by atoms with Gasteiger partial charge in [0.25, 0.3) is 0 Å². The molecule has 0 saturated heterocycles. The van der Waals surface area contributed by atoms with Gasteiger partial charge < -0.3 is 28.6 Å². The predicted octanol–water partition coefficient (Wildman–Crippen LogP) is -1.97. The first-order valence-corrected chi connectivity index (χ1v) is 5.36. The number of nitrogens with zero attached hydrogens (tertiary/aromatic N) is 3. The van der Waals surface area contributed by atoms with Crippen molar-refractivity contribution in [3.05, 3.63) is 0 Å². The molecule has 1 radical (unpaired) electrons. The van der Waals surface area contributed by atoms with Crippen molar-refractivity contribution < 1.29 is 30.6 Å². The predicted molar refractivity (Wildman–Crippen MR) is 49.0 cm³/mol. The molecule has 0 fully saturated rings. The fourth-order valence-corrected chi connectivity index (χ4v) is 1.12. The topological polar surface area (TPSA) is 70.8 Å². The zero-order valence-corrected chi connectivity index (χ0v) is 11.0. The van der Waals surface area contributed by atoms with Crippen LogP contribution in [0.25, 0.3) is 0 Å². The van der Waals surface area contributed by atoms with Gasteiger partial charge in [-0.1, -0.05) is 27.7 Å². The second-order valence-corrected chi connectivity index (χ2v) is 4.44. The third-order valence-electron chi connectivity index (χ3n) is 1.51.